The lowest BCUT2D eigenvalue weighted by Crippen LogP contribution is -2.57. The molecule has 0 bridgehead atoms. The number of fused-ring (bicyclic) bond motifs is 1. The molecule has 0 N–H and O–H groups in total. The van der Waals surface area contributed by atoms with Crippen LogP contribution in [0, 0.1) is 0 Å². The zero-order valence-electron chi connectivity index (χ0n) is 24.4. The number of nitrogens with zero attached hydrogens (tertiary/aromatic N) is 2. The second-order valence-corrected chi connectivity index (χ2v) is 10.7. The molecule has 0 saturated heterocycles. The Morgan fingerprint density at radius 1 is 0.412 bits per heavy atom. The van der Waals surface area contributed by atoms with Crippen molar-refractivity contribution in [1.82, 2.24) is 0 Å². The minimum Gasteiger partial charge on any atom is -0.365 e. The van der Waals surface area contributed by atoms with Crippen LogP contribution >= 0.6 is 0 Å². The summed E-state index contributed by atoms with van der Waals surface area (Å²) in [5, 5.41) is 0. The van der Waals surface area contributed by atoms with Crippen LogP contribution in [0.2, 0.25) is 0 Å². The largest absolute Gasteiger partial charge is 0.365 e. The van der Waals surface area contributed by atoms with E-state index in [1.165, 1.54) is 103 Å². The summed E-state index contributed by atoms with van der Waals surface area (Å²) < 4.78 is 0. The molecule has 2 rings (SSSR count). The molecule has 1 aromatic rings. The molecular weight excluding hydrogens is 412 g/mol. The van der Waals surface area contributed by atoms with Crippen molar-refractivity contribution in [3.63, 3.8) is 0 Å². The third-order valence-corrected chi connectivity index (χ3v) is 7.81. The van der Waals surface area contributed by atoms with Crippen LogP contribution < -0.4 is 9.80 Å². The van der Waals surface area contributed by atoms with E-state index in [2.05, 4.69) is 65.2 Å². The van der Waals surface area contributed by atoms with Crippen molar-refractivity contribution in [3.8, 4) is 0 Å². The Labute approximate surface area is 213 Å². The van der Waals surface area contributed by atoms with Gasteiger partial charge in [-0.1, -0.05) is 93.9 Å². The van der Waals surface area contributed by atoms with Crippen molar-refractivity contribution in [2.75, 3.05) is 22.9 Å². The van der Waals surface area contributed by atoms with Crippen molar-refractivity contribution in [3.05, 3.63) is 22.3 Å². The number of hydrogen-bond donors (Lipinski definition) is 0. The minimum atomic E-state index is 0.653. The Kier molecular flexibility index (Phi) is 12.9. The summed E-state index contributed by atoms with van der Waals surface area (Å²) in [6.45, 7) is 21.5. The molecule has 2 nitrogen and oxygen atoms in total. The SMILES string of the molecule is CCCc1c(CCC)c(CCC)c2c(c1CCC)N(CCC)C(CCC)C(CCC)N2CCC. The molecular formula is C32H58N2. The fraction of sp³-hybridized carbons (Fsp3) is 0.812. The number of benzene rings is 1. The number of anilines is 2. The number of rotatable bonds is 16. The fourth-order valence-corrected chi connectivity index (χ4v) is 6.77. The molecule has 0 fully saturated rings. The molecule has 2 unspecified atom stereocenters. The maximum absolute atomic E-state index is 2.95. The molecule has 1 aliphatic heterocycles. The molecule has 0 radical (unpaired) electrons. The predicted molar refractivity (Wildman–Crippen MR) is 155 cm³/mol. The monoisotopic (exact) mass is 470 g/mol. The first-order valence-electron chi connectivity index (χ1n) is 15.3. The summed E-state index contributed by atoms with van der Waals surface area (Å²) in [6, 6.07) is 1.31. The molecule has 196 valence electrons. The lowest BCUT2D eigenvalue weighted by atomic mass is 9.80. The van der Waals surface area contributed by atoms with E-state index in [0.29, 0.717) is 12.1 Å². The van der Waals surface area contributed by atoms with Gasteiger partial charge in [0.25, 0.3) is 0 Å². The molecule has 0 aliphatic carbocycles. The number of hydrogen-bond acceptors (Lipinski definition) is 2. The van der Waals surface area contributed by atoms with Crippen molar-refractivity contribution in [2.45, 2.75) is 157 Å². The first-order valence-corrected chi connectivity index (χ1v) is 15.3. The van der Waals surface area contributed by atoms with E-state index < -0.39 is 0 Å². The quantitative estimate of drug-likeness (QED) is 0.237. The van der Waals surface area contributed by atoms with Crippen LogP contribution in [0.15, 0.2) is 0 Å². The zero-order chi connectivity index (χ0) is 25.1. The summed E-state index contributed by atoms with van der Waals surface area (Å²) in [4.78, 5) is 5.90. The first kappa shape index (κ1) is 29.1. The van der Waals surface area contributed by atoms with Crippen LogP contribution in [0.3, 0.4) is 0 Å². The van der Waals surface area contributed by atoms with Gasteiger partial charge in [0.15, 0.2) is 0 Å². The highest BCUT2D eigenvalue weighted by molar-refractivity contribution is 5.84. The third-order valence-electron chi connectivity index (χ3n) is 7.81. The molecule has 1 heterocycles. The zero-order valence-corrected chi connectivity index (χ0v) is 24.4. The summed E-state index contributed by atoms with van der Waals surface area (Å²) in [5.74, 6) is 0. The Morgan fingerprint density at radius 3 is 1.00 bits per heavy atom. The maximum atomic E-state index is 2.95. The van der Waals surface area contributed by atoms with E-state index in [1.54, 1.807) is 33.6 Å². The van der Waals surface area contributed by atoms with Crippen molar-refractivity contribution >= 4 is 11.4 Å². The van der Waals surface area contributed by atoms with Crippen LogP contribution in [-0.4, -0.2) is 25.2 Å². The Balaban J connectivity index is 3.03. The molecule has 1 aromatic carbocycles. The van der Waals surface area contributed by atoms with E-state index in [1.807, 2.05) is 0 Å². The van der Waals surface area contributed by atoms with Crippen molar-refractivity contribution in [2.24, 2.45) is 0 Å². The van der Waals surface area contributed by atoms with E-state index >= 15 is 0 Å². The van der Waals surface area contributed by atoms with Gasteiger partial charge in [0, 0.05) is 25.2 Å². The average molecular weight is 471 g/mol. The van der Waals surface area contributed by atoms with E-state index in [0.717, 1.165) is 0 Å². The third kappa shape index (κ3) is 6.14. The topological polar surface area (TPSA) is 6.48 Å². The Morgan fingerprint density at radius 2 is 0.735 bits per heavy atom. The van der Waals surface area contributed by atoms with Gasteiger partial charge in [-0.3, -0.25) is 0 Å². The summed E-state index contributed by atoms with van der Waals surface area (Å²) >= 11 is 0. The van der Waals surface area contributed by atoms with Crippen LogP contribution in [0.4, 0.5) is 11.4 Å². The van der Waals surface area contributed by atoms with E-state index in [-0.39, 0.29) is 0 Å². The molecule has 1 aliphatic rings. The Bertz CT molecular complexity index is 661. The summed E-state index contributed by atoms with van der Waals surface area (Å²) in [7, 11) is 0. The lowest BCUT2D eigenvalue weighted by Gasteiger charge is -2.53. The fourth-order valence-electron chi connectivity index (χ4n) is 6.77. The van der Waals surface area contributed by atoms with E-state index in [9.17, 15) is 0 Å². The van der Waals surface area contributed by atoms with Gasteiger partial charge < -0.3 is 9.80 Å². The van der Waals surface area contributed by atoms with Gasteiger partial charge in [0.2, 0.25) is 0 Å². The Hall–Kier alpha value is -1.18. The molecule has 0 spiro atoms. The van der Waals surface area contributed by atoms with Gasteiger partial charge in [-0.2, -0.15) is 0 Å². The second kappa shape index (κ2) is 15.0. The lowest BCUT2D eigenvalue weighted by molar-refractivity contribution is 0.388. The molecule has 0 aromatic heterocycles. The molecule has 2 atom stereocenters. The van der Waals surface area contributed by atoms with Crippen molar-refractivity contribution in [1.29, 1.82) is 0 Å². The maximum Gasteiger partial charge on any atom is 0.0645 e. The van der Waals surface area contributed by atoms with Crippen molar-refractivity contribution < 1.29 is 0 Å². The predicted octanol–water partition coefficient (Wildman–Crippen LogP) is 9.28. The highest BCUT2D eigenvalue weighted by atomic mass is 15.3. The minimum absolute atomic E-state index is 0.653. The standard InChI is InChI=1S/C32H58N2/c1-9-17-25-26(18-10-2)28(20-12-4)32-31(27(25)19-11-3)33(23-15-7)29(21-13-5)30(22-14-6)34(32)24-16-8/h29-30H,9-24H2,1-8H3. The first-order chi connectivity index (χ1) is 16.6. The van der Waals surface area contributed by atoms with E-state index in [4.69, 9.17) is 0 Å². The van der Waals surface area contributed by atoms with Crippen LogP contribution in [0.5, 0.6) is 0 Å². The van der Waals surface area contributed by atoms with Gasteiger partial charge in [-0.15, -0.1) is 0 Å². The van der Waals surface area contributed by atoms with Crippen LogP contribution in [0.25, 0.3) is 0 Å². The molecule has 0 amide bonds. The van der Waals surface area contributed by atoms with Gasteiger partial charge in [-0.25, -0.2) is 0 Å². The van der Waals surface area contributed by atoms with Gasteiger partial charge in [0.05, 0.1) is 11.4 Å². The van der Waals surface area contributed by atoms with Gasteiger partial charge in [-0.05, 0) is 73.6 Å². The van der Waals surface area contributed by atoms with Gasteiger partial charge in [0.1, 0.15) is 0 Å². The highest BCUT2D eigenvalue weighted by Crippen LogP contribution is 2.49. The summed E-state index contributed by atoms with van der Waals surface area (Å²) in [6.07, 6.45) is 17.6. The second-order valence-electron chi connectivity index (χ2n) is 10.7. The molecule has 0 saturated carbocycles. The van der Waals surface area contributed by atoms with Crippen LogP contribution in [-0.2, 0) is 25.7 Å². The molecule has 34 heavy (non-hydrogen) atoms. The smallest absolute Gasteiger partial charge is 0.0645 e. The highest BCUT2D eigenvalue weighted by Gasteiger charge is 2.41. The van der Waals surface area contributed by atoms with Gasteiger partial charge >= 0.3 is 0 Å². The average Bonchev–Trinajstić information content (AvgIpc) is 2.82. The van der Waals surface area contributed by atoms with Crippen LogP contribution in [0.1, 0.15) is 142 Å². The normalized spacial score (nSPS) is 18.0. The molecule has 2 heteroatoms. The summed E-state index contributed by atoms with van der Waals surface area (Å²) in [5.41, 5.74) is 10.3.